The molecule has 3 aromatic carbocycles. The number of sulfonamides is 1. The monoisotopic (exact) mass is 472 g/mol. The summed E-state index contributed by atoms with van der Waals surface area (Å²) in [7, 11) is -0.767. The average Bonchev–Trinajstić information content (AvgIpc) is 2.79. The van der Waals surface area contributed by atoms with Crippen molar-refractivity contribution in [2.45, 2.75) is 18.4 Å². The summed E-state index contributed by atoms with van der Waals surface area (Å²) in [5.74, 6) is 0.308. The van der Waals surface area contributed by atoms with Gasteiger partial charge in [0.15, 0.2) is 0 Å². The maximum Gasteiger partial charge on any atom is 0.243 e. The van der Waals surface area contributed by atoms with Gasteiger partial charge in [-0.05, 0) is 66.6 Å². The number of aryl methyl sites for hydroxylation is 1. The van der Waals surface area contributed by atoms with Crippen molar-refractivity contribution in [1.29, 1.82) is 0 Å². The maximum atomic E-state index is 13.4. The number of rotatable bonds is 8. The van der Waals surface area contributed by atoms with Gasteiger partial charge < -0.3 is 9.64 Å². The van der Waals surface area contributed by atoms with E-state index in [0.29, 0.717) is 16.5 Å². The first-order valence-corrected chi connectivity index (χ1v) is 11.7. The molecule has 3 aromatic rings. The molecule has 6 nitrogen and oxygen atoms in total. The molecule has 0 saturated carbocycles. The van der Waals surface area contributed by atoms with Crippen molar-refractivity contribution in [2.75, 3.05) is 25.6 Å². The van der Waals surface area contributed by atoms with Crippen LogP contribution in [-0.4, -0.2) is 39.3 Å². The molecule has 0 heterocycles. The van der Waals surface area contributed by atoms with Crippen LogP contribution < -0.4 is 9.64 Å². The Labute approximate surface area is 194 Å². The standard InChI is InChI=1S/C24H25ClN2O4S/c1-18-6-4-5-7-19(18)16-27(32(29,30)23-14-8-20(25)9-15-23)17-24(28)26(2)21-10-12-22(31-3)13-11-21/h4-15H,16-17H2,1-3H3. The lowest BCUT2D eigenvalue weighted by molar-refractivity contribution is -0.118. The van der Waals surface area contributed by atoms with Gasteiger partial charge in [0.05, 0.1) is 18.6 Å². The van der Waals surface area contributed by atoms with Crippen LogP contribution in [0.15, 0.2) is 77.7 Å². The van der Waals surface area contributed by atoms with Crippen LogP contribution in [-0.2, 0) is 21.4 Å². The van der Waals surface area contributed by atoms with Crippen LogP contribution in [0.2, 0.25) is 5.02 Å². The number of carbonyl (C=O) groups is 1. The van der Waals surface area contributed by atoms with Crippen molar-refractivity contribution in [1.82, 2.24) is 4.31 Å². The molecule has 0 aliphatic heterocycles. The van der Waals surface area contributed by atoms with Crippen LogP contribution in [0, 0.1) is 6.92 Å². The number of methoxy groups -OCH3 is 1. The zero-order valence-electron chi connectivity index (χ0n) is 18.2. The van der Waals surface area contributed by atoms with Crippen molar-refractivity contribution < 1.29 is 17.9 Å². The highest BCUT2D eigenvalue weighted by atomic mass is 35.5. The van der Waals surface area contributed by atoms with Crippen molar-refractivity contribution in [3.05, 3.63) is 88.9 Å². The number of ether oxygens (including phenoxy) is 1. The Bertz CT molecular complexity index is 1180. The lowest BCUT2D eigenvalue weighted by Gasteiger charge is -2.25. The molecule has 0 fully saturated rings. The van der Waals surface area contributed by atoms with E-state index < -0.39 is 10.0 Å². The van der Waals surface area contributed by atoms with E-state index in [9.17, 15) is 13.2 Å². The van der Waals surface area contributed by atoms with Gasteiger partial charge in [-0.3, -0.25) is 4.79 Å². The first-order chi connectivity index (χ1) is 15.2. The minimum Gasteiger partial charge on any atom is -0.497 e. The quantitative estimate of drug-likeness (QED) is 0.483. The highest BCUT2D eigenvalue weighted by Gasteiger charge is 2.28. The third-order valence-electron chi connectivity index (χ3n) is 5.20. The van der Waals surface area contributed by atoms with E-state index in [1.54, 1.807) is 38.4 Å². The van der Waals surface area contributed by atoms with Crippen molar-refractivity contribution >= 4 is 33.2 Å². The molecule has 0 aromatic heterocycles. The van der Waals surface area contributed by atoms with Crippen LogP contribution >= 0.6 is 11.6 Å². The molecule has 32 heavy (non-hydrogen) atoms. The van der Waals surface area contributed by atoms with Gasteiger partial charge in [-0.1, -0.05) is 35.9 Å². The minimum atomic E-state index is -3.95. The van der Waals surface area contributed by atoms with Crippen molar-refractivity contribution in [2.24, 2.45) is 0 Å². The first kappa shape index (κ1) is 23.8. The summed E-state index contributed by atoms with van der Waals surface area (Å²) in [5.41, 5.74) is 2.40. The molecular formula is C24H25ClN2O4S. The Kier molecular flexibility index (Phi) is 7.56. The molecule has 0 spiro atoms. The van der Waals surface area contributed by atoms with Gasteiger partial charge >= 0.3 is 0 Å². The molecule has 0 bridgehead atoms. The smallest absolute Gasteiger partial charge is 0.243 e. The summed E-state index contributed by atoms with van der Waals surface area (Å²) in [6.07, 6.45) is 0. The summed E-state index contributed by atoms with van der Waals surface area (Å²) < 4.78 is 33.2. The zero-order chi connectivity index (χ0) is 23.3. The molecule has 0 radical (unpaired) electrons. The summed E-state index contributed by atoms with van der Waals surface area (Å²) in [6, 6.07) is 20.4. The van der Waals surface area contributed by atoms with Gasteiger partial charge in [0.1, 0.15) is 5.75 Å². The largest absolute Gasteiger partial charge is 0.497 e. The highest BCUT2D eigenvalue weighted by Crippen LogP contribution is 2.23. The normalized spacial score (nSPS) is 11.4. The second-order valence-electron chi connectivity index (χ2n) is 7.30. The average molecular weight is 473 g/mol. The molecule has 0 N–H and O–H groups in total. The predicted octanol–water partition coefficient (Wildman–Crippen LogP) is 4.51. The van der Waals surface area contributed by atoms with Gasteiger partial charge in [0, 0.05) is 24.3 Å². The highest BCUT2D eigenvalue weighted by molar-refractivity contribution is 7.89. The number of likely N-dealkylation sites (N-methyl/N-ethyl adjacent to an activating group) is 1. The van der Waals surface area contributed by atoms with Crippen molar-refractivity contribution in [3.63, 3.8) is 0 Å². The fraction of sp³-hybridized carbons (Fsp3) is 0.208. The zero-order valence-corrected chi connectivity index (χ0v) is 19.7. The molecule has 0 aliphatic carbocycles. The van der Waals surface area contributed by atoms with Crippen LogP contribution in [0.1, 0.15) is 11.1 Å². The van der Waals surface area contributed by atoms with E-state index in [1.165, 1.54) is 33.5 Å². The number of hydrogen-bond donors (Lipinski definition) is 0. The third-order valence-corrected chi connectivity index (χ3v) is 7.26. The summed E-state index contributed by atoms with van der Waals surface area (Å²) in [6.45, 7) is 1.66. The van der Waals surface area contributed by atoms with Gasteiger partial charge in [-0.25, -0.2) is 8.42 Å². The number of anilines is 1. The van der Waals surface area contributed by atoms with E-state index in [4.69, 9.17) is 16.3 Å². The summed E-state index contributed by atoms with van der Waals surface area (Å²) >= 11 is 5.93. The number of benzene rings is 3. The second-order valence-corrected chi connectivity index (χ2v) is 9.68. The number of hydrogen-bond acceptors (Lipinski definition) is 4. The van der Waals surface area contributed by atoms with E-state index >= 15 is 0 Å². The molecule has 8 heteroatoms. The number of amides is 1. The molecule has 0 atom stereocenters. The van der Waals surface area contributed by atoms with E-state index in [2.05, 4.69) is 0 Å². The Morgan fingerprint density at radius 1 is 0.969 bits per heavy atom. The van der Waals surface area contributed by atoms with Gasteiger partial charge in [0.25, 0.3) is 0 Å². The van der Waals surface area contributed by atoms with Gasteiger partial charge in [-0.15, -0.1) is 0 Å². The minimum absolute atomic E-state index is 0.0693. The van der Waals surface area contributed by atoms with Crippen LogP contribution in [0.25, 0.3) is 0 Å². The number of halogens is 1. The Balaban J connectivity index is 1.91. The Morgan fingerprint density at radius 3 is 2.19 bits per heavy atom. The molecular weight excluding hydrogens is 448 g/mol. The van der Waals surface area contributed by atoms with Crippen molar-refractivity contribution in [3.8, 4) is 5.75 Å². The Hall–Kier alpha value is -2.87. The van der Waals surface area contributed by atoms with Crippen LogP contribution in [0.5, 0.6) is 5.75 Å². The second kappa shape index (κ2) is 10.2. The van der Waals surface area contributed by atoms with E-state index in [0.717, 1.165) is 11.1 Å². The molecule has 0 aliphatic rings. The summed E-state index contributed by atoms with van der Waals surface area (Å²) in [5, 5.41) is 0.435. The van der Waals surface area contributed by atoms with Crippen LogP contribution in [0.4, 0.5) is 5.69 Å². The number of nitrogens with zero attached hydrogens (tertiary/aromatic N) is 2. The maximum absolute atomic E-state index is 13.4. The topological polar surface area (TPSA) is 66.9 Å². The molecule has 168 valence electrons. The lowest BCUT2D eigenvalue weighted by Crippen LogP contribution is -2.41. The first-order valence-electron chi connectivity index (χ1n) is 9.93. The molecule has 0 unspecified atom stereocenters. The predicted molar refractivity (Wildman–Crippen MR) is 127 cm³/mol. The molecule has 1 amide bonds. The fourth-order valence-corrected chi connectivity index (χ4v) is 4.66. The third kappa shape index (κ3) is 5.48. The van der Waals surface area contributed by atoms with E-state index in [1.807, 2.05) is 31.2 Å². The Morgan fingerprint density at radius 2 is 1.59 bits per heavy atom. The van der Waals surface area contributed by atoms with Gasteiger partial charge in [-0.2, -0.15) is 4.31 Å². The summed E-state index contributed by atoms with van der Waals surface area (Å²) in [4.78, 5) is 14.6. The number of carbonyl (C=O) groups excluding carboxylic acids is 1. The van der Waals surface area contributed by atoms with Gasteiger partial charge in [0.2, 0.25) is 15.9 Å². The SMILES string of the molecule is COc1ccc(N(C)C(=O)CN(Cc2ccccc2C)S(=O)(=O)c2ccc(Cl)cc2)cc1. The van der Waals surface area contributed by atoms with Crippen LogP contribution in [0.3, 0.4) is 0 Å². The molecule has 3 rings (SSSR count). The van der Waals surface area contributed by atoms with E-state index in [-0.39, 0.29) is 23.9 Å². The molecule has 0 saturated heterocycles. The lowest BCUT2D eigenvalue weighted by atomic mass is 10.1. The fourth-order valence-electron chi connectivity index (χ4n) is 3.17.